The van der Waals surface area contributed by atoms with Gasteiger partial charge in [-0.2, -0.15) is 0 Å². The lowest BCUT2D eigenvalue weighted by molar-refractivity contribution is -0.150. The van der Waals surface area contributed by atoms with E-state index in [9.17, 15) is 14.7 Å². The van der Waals surface area contributed by atoms with Crippen LogP contribution in [0.5, 0.6) is 11.5 Å². The van der Waals surface area contributed by atoms with Gasteiger partial charge in [-0.25, -0.2) is 4.79 Å². The monoisotopic (exact) mass is 319 g/mol. The van der Waals surface area contributed by atoms with Crippen molar-refractivity contribution in [2.75, 3.05) is 19.8 Å². The van der Waals surface area contributed by atoms with Crippen molar-refractivity contribution >= 4 is 11.9 Å². The Morgan fingerprint density at radius 3 is 3.00 bits per heavy atom. The minimum Gasteiger partial charge on any atom is -0.490 e. The molecule has 3 rings (SSSR count). The summed E-state index contributed by atoms with van der Waals surface area (Å²) in [5.74, 6) is 0.0170. The number of carboxylic acids is 1. The van der Waals surface area contributed by atoms with Gasteiger partial charge in [0.05, 0.1) is 12.5 Å². The Morgan fingerprint density at radius 2 is 2.26 bits per heavy atom. The molecule has 6 nitrogen and oxygen atoms in total. The Balaban J connectivity index is 1.75. The molecule has 1 N–H and O–H groups in total. The summed E-state index contributed by atoms with van der Waals surface area (Å²) in [6.45, 7) is 3.24. The molecular formula is C17H21NO5. The van der Waals surface area contributed by atoms with Crippen LogP contribution in [0.25, 0.3) is 0 Å². The molecule has 0 spiro atoms. The van der Waals surface area contributed by atoms with E-state index in [0.717, 1.165) is 12.0 Å². The molecule has 0 aromatic heterocycles. The summed E-state index contributed by atoms with van der Waals surface area (Å²) < 4.78 is 11.3. The standard InChI is InChI=1S/C17H21NO5/c1-2-22-14-7-3-5-11-9-12(10-23-15(11)14)16(19)18-8-4-6-13(18)17(20)21/h3,5,7,12-13H,2,4,6,8-10H2,1H3,(H,20,21)/t12-,13+/m1/s1. The van der Waals surface area contributed by atoms with Crippen LogP contribution < -0.4 is 9.47 Å². The first-order chi connectivity index (χ1) is 11.1. The maximum atomic E-state index is 12.7. The summed E-state index contributed by atoms with van der Waals surface area (Å²) in [5.41, 5.74) is 0.937. The van der Waals surface area contributed by atoms with Crippen LogP contribution in [0.4, 0.5) is 0 Å². The van der Waals surface area contributed by atoms with Gasteiger partial charge in [-0.3, -0.25) is 4.79 Å². The van der Waals surface area contributed by atoms with Gasteiger partial charge in [-0.15, -0.1) is 0 Å². The number of fused-ring (bicyclic) bond motifs is 1. The average molecular weight is 319 g/mol. The van der Waals surface area contributed by atoms with Gasteiger partial charge < -0.3 is 19.5 Å². The zero-order valence-electron chi connectivity index (χ0n) is 13.2. The number of amides is 1. The quantitative estimate of drug-likeness (QED) is 0.914. The largest absolute Gasteiger partial charge is 0.490 e. The molecular weight excluding hydrogens is 298 g/mol. The molecule has 2 heterocycles. The van der Waals surface area contributed by atoms with Crippen molar-refractivity contribution in [3.05, 3.63) is 23.8 Å². The number of carboxylic acid groups (broad SMARTS) is 1. The molecule has 0 saturated carbocycles. The zero-order valence-corrected chi connectivity index (χ0v) is 13.2. The Bertz CT molecular complexity index is 615. The first-order valence-corrected chi connectivity index (χ1v) is 8.02. The van der Waals surface area contributed by atoms with Gasteiger partial charge in [0.1, 0.15) is 12.6 Å². The van der Waals surface area contributed by atoms with Gasteiger partial charge in [-0.05, 0) is 37.8 Å². The van der Waals surface area contributed by atoms with Crippen LogP contribution in [0.2, 0.25) is 0 Å². The molecule has 23 heavy (non-hydrogen) atoms. The van der Waals surface area contributed by atoms with Crippen LogP contribution >= 0.6 is 0 Å². The summed E-state index contributed by atoms with van der Waals surface area (Å²) in [6, 6.07) is 4.97. The smallest absolute Gasteiger partial charge is 0.326 e. The Morgan fingerprint density at radius 1 is 1.43 bits per heavy atom. The van der Waals surface area contributed by atoms with Crippen molar-refractivity contribution < 1.29 is 24.2 Å². The number of hydrogen-bond donors (Lipinski definition) is 1. The lowest BCUT2D eigenvalue weighted by atomic mass is 9.95. The number of carbonyl (C=O) groups is 2. The van der Waals surface area contributed by atoms with Crippen LogP contribution in [0.3, 0.4) is 0 Å². The highest BCUT2D eigenvalue weighted by Crippen LogP contribution is 2.37. The lowest BCUT2D eigenvalue weighted by Gasteiger charge is -2.30. The SMILES string of the molecule is CCOc1cccc2c1OC[C@H](C(=O)N1CCC[C@H]1C(=O)O)C2. The summed E-state index contributed by atoms with van der Waals surface area (Å²) in [5, 5.41) is 9.24. The Hall–Kier alpha value is -2.24. The third-order valence-corrected chi connectivity index (χ3v) is 4.43. The minimum atomic E-state index is -0.924. The van der Waals surface area contributed by atoms with E-state index in [1.165, 1.54) is 4.90 Å². The number of hydrogen-bond acceptors (Lipinski definition) is 4. The van der Waals surface area contributed by atoms with Crippen molar-refractivity contribution in [2.45, 2.75) is 32.2 Å². The lowest BCUT2D eigenvalue weighted by Crippen LogP contribution is -2.46. The van der Waals surface area contributed by atoms with E-state index in [2.05, 4.69) is 0 Å². The van der Waals surface area contributed by atoms with E-state index >= 15 is 0 Å². The second kappa shape index (κ2) is 6.48. The number of aliphatic carboxylic acids is 1. The number of benzene rings is 1. The second-order valence-electron chi connectivity index (χ2n) is 5.92. The predicted octanol–water partition coefficient (Wildman–Crippen LogP) is 1.71. The van der Waals surface area contributed by atoms with Crippen molar-refractivity contribution in [1.82, 2.24) is 4.90 Å². The van der Waals surface area contributed by atoms with Gasteiger partial charge in [-0.1, -0.05) is 12.1 Å². The molecule has 0 unspecified atom stereocenters. The van der Waals surface area contributed by atoms with E-state index in [-0.39, 0.29) is 18.4 Å². The fourth-order valence-corrected chi connectivity index (χ4v) is 3.34. The fourth-order valence-electron chi connectivity index (χ4n) is 3.34. The molecule has 0 aliphatic carbocycles. The molecule has 2 atom stereocenters. The summed E-state index contributed by atoms with van der Waals surface area (Å²) in [6.07, 6.45) is 1.82. The van der Waals surface area contributed by atoms with Crippen molar-refractivity contribution in [1.29, 1.82) is 0 Å². The van der Waals surface area contributed by atoms with E-state index in [4.69, 9.17) is 9.47 Å². The zero-order chi connectivity index (χ0) is 16.4. The number of nitrogens with zero attached hydrogens (tertiary/aromatic N) is 1. The molecule has 1 aromatic rings. The van der Waals surface area contributed by atoms with Gasteiger partial charge in [0.25, 0.3) is 0 Å². The molecule has 0 bridgehead atoms. The van der Waals surface area contributed by atoms with E-state index in [1.54, 1.807) is 0 Å². The fraction of sp³-hybridized carbons (Fsp3) is 0.529. The van der Waals surface area contributed by atoms with Crippen LogP contribution in [-0.2, 0) is 16.0 Å². The molecule has 6 heteroatoms. The summed E-state index contributed by atoms with van der Waals surface area (Å²) in [4.78, 5) is 25.5. The molecule has 0 radical (unpaired) electrons. The van der Waals surface area contributed by atoms with Crippen molar-refractivity contribution in [2.24, 2.45) is 5.92 Å². The maximum Gasteiger partial charge on any atom is 0.326 e. The van der Waals surface area contributed by atoms with Crippen LogP contribution in [0.15, 0.2) is 18.2 Å². The van der Waals surface area contributed by atoms with Crippen LogP contribution in [0, 0.1) is 5.92 Å². The van der Waals surface area contributed by atoms with E-state index < -0.39 is 12.0 Å². The van der Waals surface area contributed by atoms with E-state index in [1.807, 2.05) is 25.1 Å². The predicted molar refractivity (Wildman–Crippen MR) is 82.7 cm³/mol. The number of ether oxygens (including phenoxy) is 2. The highest BCUT2D eigenvalue weighted by atomic mass is 16.5. The third kappa shape index (κ3) is 2.98. The summed E-state index contributed by atoms with van der Waals surface area (Å²) >= 11 is 0. The summed E-state index contributed by atoms with van der Waals surface area (Å²) in [7, 11) is 0. The normalized spacial score (nSPS) is 23.1. The number of para-hydroxylation sites is 1. The topological polar surface area (TPSA) is 76.1 Å². The maximum absolute atomic E-state index is 12.7. The van der Waals surface area contributed by atoms with Crippen molar-refractivity contribution in [3.63, 3.8) is 0 Å². The third-order valence-electron chi connectivity index (χ3n) is 4.43. The minimum absolute atomic E-state index is 0.123. The highest BCUT2D eigenvalue weighted by Gasteiger charge is 2.38. The molecule has 124 valence electrons. The van der Waals surface area contributed by atoms with Crippen LogP contribution in [-0.4, -0.2) is 47.7 Å². The van der Waals surface area contributed by atoms with Crippen LogP contribution in [0.1, 0.15) is 25.3 Å². The second-order valence-corrected chi connectivity index (χ2v) is 5.92. The van der Waals surface area contributed by atoms with Gasteiger partial charge in [0.2, 0.25) is 5.91 Å². The Labute approximate surface area is 135 Å². The molecule has 1 amide bonds. The number of likely N-dealkylation sites (tertiary alicyclic amines) is 1. The van der Waals surface area contributed by atoms with Gasteiger partial charge in [0, 0.05) is 6.54 Å². The number of rotatable bonds is 4. The molecule has 1 saturated heterocycles. The number of carbonyl (C=O) groups excluding carboxylic acids is 1. The van der Waals surface area contributed by atoms with Crippen molar-refractivity contribution in [3.8, 4) is 11.5 Å². The Kier molecular flexibility index (Phi) is 4.41. The molecule has 1 aromatic carbocycles. The van der Waals surface area contributed by atoms with Gasteiger partial charge >= 0.3 is 5.97 Å². The van der Waals surface area contributed by atoms with Gasteiger partial charge in [0.15, 0.2) is 11.5 Å². The molecule has 2 aliphatic heterocycles. The molecule has 1 fully saturated rings. The first kappa shape index (κ1) is 15.6. The highest BCUT2D eigenvalue weighted by molar-refractivity contribution is 5.86. The molecule has 2 aliphatic rings. The average Bonchev–Trinajstić information content (AvgIpc) is 3.04. The van der Waals surface area contributed by atoms with E-state index in [0.29, 0.717) is 37.5 Å². The first-order valence-electron chi connectivity index (χ1n) is 8.02.